The number of rotatable bonds is 0. The highest BCUT2D eigenvalue weighted by Crippen LogP contribution is 2.27. The molecule has 0 spiro atoms. The summed E-state index contributed by atoms with van der Waals surface area (Å²) in [6.07, 6.45) is 1.69. The molecule has 0 bridgehead atoms. The molecule has 0 amide bonds. The first-order valence-electron chi connectivity index (χ1n) is 3.66. The first-order chi connectivity index (χ1) is 5.02. The molecule has 1 heterocycles. The Labute approximate surface area is 66.9 Å². The van der Waals surface area contributed by atoms with E-state index in [2.05, 4.69) is 4.98 Å². The smallest absolute Gasteiger partial charge is 0.137 e. The summed E-state index contributed by atoms with van der Waals surface area (Å²) in [5, 5.41) is 9.38. The zero-order valence-corrected chi connectivity index (χ0v) is 7.13. The largest absolute Gasteiger partial charge is 0.506 e. The van der Waals surface area contributed by atoms with Crippen LogP contribution >= 0.6 is 0 Å². The minimum Gasteiger partial charge on any atom is -0.506 e. The van der Waals surface area contributed by atoms with E-state index in [-0.39, 0.29) is 11.2 Å². The molecule has 0 fully saturated rings. The van der Waals surface area contributed by atoms with Gasteiger partial charge in [-0.25, -0.2) is 0 Å². The Bertz CT molecular complexity index is 250. The van der Waals surface area contributed by atoms with Crippen molar-refractivity contribution < 1.29 is 5.11 Å². The molecule has 2 nitrogen and oxygen atoms in total. The number of hydrogen-bond acceptors (Lipinski definition) is 2. The lowest BCUT2D eigenvalue weighted by molar-refractivity contribution is 0.438. The van der Waals surface area contributed by atoms with E-state index in [0.717, 1.165) is 5.69 Å². The molecular formula is C9H13NO. The standard InChI is InChI=1S/C9H13NO/c1-9(2,3)8-7(11)5-4-6-10-8/h4-6,11H,1-3H3. The minimum atomic E-state index is -0.0780. The van der Waals surface area contributed by atoms with E-state index in [1.807, 2.05) is 20.8 Å². The number of aromatic nitrogens is 1. The molecule has 0 atom stereocenters. The van der Waals surface area contributed by atoms with Gasteiger partial charge in [-0.05, 0) is 12.1 Å². The van der Waals surface area contributed by atoms with Gasteiger partial charge in [0.05, 0.1) is 5.69 Å². The summed E-state index contributed by atoms with van der Waals surface area (Å²) in [6, 6.07) is 3.39. The van der Waals surface area contributed by atoms with Crippen molar-refractivity contribution >= 4 is 0 Å². The third-order valence-corrected chi connectivity index (χ3v) is 1.50. The predicted molar refractivity (Wildman–Crippen MR) is 44.6 cm³/mol. The number of hydrogen-bond donors (Lipinski definition) is 1. The summed E-state index contributed by atoms with van der Waals surface area (Å²) < 4.78 is 0. The van der Waals surface area contributed by atoms with Crippen LogP contribution in [0.3, 0.4) is 0 Å². The normalized spacial score (nSPS) is 11.5. The molecule has 1 rings (SSSR count). The molecule has 1 N–H and O–H groups in total. The van der Waals surface area contributed by atoms with Crippen molar-refractivity contribution in [3.8, 4) is 5.75 Å². The van der Waals surface area contributed by atoms with E-state index in [4.69, 9.17) is 0 Å². The van der Waals surface area contributed by atoms with Crippen molar-refractivity contribution in [3.05, 3.63) is 24.0 Å². The maximum atomic E-state index is 9.38. The lowest BCUT2D eigenvalue weighted by Gasteiger charge is -2.17. The summed E-state index contributed by atoms with van der Waals surface area (Å²) >= 11 is 0. The van der Waals surface area contributed by atoms with Crippen molar-refractivity contribution in [1.29, 1.82) is 0 Å². The summed E-state index contributed by atoms with van der Waals surface area (Å²) in [5.41, 5.74) is 0.672. The van der Waals surface area contributed by atoms with Crippen LogP contribution in [0.15, 0.2) is 18.3 Å². The minimum absolute atomic E-state index is 0.0780. The number of nitrogens with zero attached hydrogens (tertiary/aromatic N) is 1. The summed E-state index contributed by atoms with van der Waals surface area (Å²) in [4.78, 5) is 4.10. The topological polar surface area (TPSA) is 33.1 Å². The van der Waals surface area contributed by atoms with Crippen LogP contribution in [0.1, 0.15) is 26.5 Å². The maximum absolute atomic E-state index is 9.38. The van der Waals surface area contributed by atoms with Gasteiger partial charge in [-0.3, -0.25) is 4.98 Å². The van der Waals surface area contributed by atoms with Gasteiger partial charge in [-0.15, -0.1) is 0 Å². The van der Waals surface area contributed by atoms with Crippen LogP contribution in [0.25, 0.3) is 0 Å². The molecule has 0 aliphatic rings. The van der Waals surface area contributed by atoms with Gasteiger partial charge in [0.25, 0.3) is 0 Å². The fourth-order valence-corrected chi connectivity index (χ4v) is 0.975. The van der Waals surface area contributed by atoms with Gasteiger partial charge in [0.1, 0.15) is 5.75 Å². The molecule has 1 aromatic heterocycles. The molecule has 0 radical (unpaired) electrons. The Morgan fingerprint density at radius 3 is 2.36 bits per heavy atom. The highest BCUT2D eigenvalue weighted by atomic mass is 16.3. The first kappa shape index (κ1) is 8.05. The fourth-order valence-electron chi connectivity index (χ4n) is 0.975. The van der Waals surface area contributed by atoms with Crippen LogP contribution in [0, 0.1) is 0 Å². The Kier molecular flexibility index (Phi) is 1.85. The zero-order valence-electron chi connectivity index (χ0n) is 7.13. The van der Waals surface area contributed by atoms with Crippen molar-refractivity contribution in [2.24, 2.45) is 0 Å². The van der Waals surface area contributed by atoms with Gasteiger partial charge in [-0.1, -0.05) is 20.8 Å². The van der Waals surface area contributed by atoms with Crippen LogP contribution < -0.4 is 0 Å². The molecule has 1 aromatic rings. The van der Waals surface area contributed by atoms with Gasteiger partial charge in [0, 0.05) is 11.6 Å². The van der Waals surface area contributed by atoms with Gasteiger partial charge >= 0.3 is 0 Å². The van der Waals surface area contributed by atoms with Gasteiger partial charge in [0.15, 0.2) is 0 Å². The van der Waals surface area contributed by atoms with Crippen LogP contribution in [-0.2, 0) is 5.41 Å². The van der Waals surface area contributed by atoms with E-state index < -0.39 is 0 Å². The average molecular weight is 151 g/mol. The van der Waals surface area contributed by atoms with E-state index in [0.29, 0.717) is 0 Å². The summed E-state index contributed by atoms with van der Waals surface area (Å²) in [7, 11) is 0. The highest BCUT2D eigenvalue weighted by Gasteiger charge is 2.18. The molecule has 0 saturated carbocycles. The summed E-state index contributed by atoms with van der Waals surface area (Å²) in [6.45, 7) is 6.07. The third-order valence-electron chi connectivity index (χ3n) is 1.50. The van der Waals surface area contributed by atoms with Crippen LogP contribution in [0.4, 0.5) is 0 Å². The van der Waals surface area contributed by atoms with E-state index >= 15 is 0 Å². The van der Waals surface area contributed by atoms with Crippen LogP contribution in [0.5, 0.6) is 5.75 Å². The Hall–Kier alpha value is -1.05. The van der Waals surface area contributed by atoms with Crippen molar-refractivity contribution in [2.75, 3.05) is 0 Å². The average Bonchev–Trinajstić information content (AvgIpc) is 1.86. The molecule has 0 unspecified atom stereocenters. The molecule has 60 valence electrons. The summed E-state index contributed by atoms with van der Waals surface area (Å²) in [5.74, 6) is 0.278. The highest BCUT2D eigenvalue weighted by molar-refractivity contribution is 5.30. The second kappa shape index (κ2) is 2.53. The molecule has 0 aliphatic carbocycles. The third kappa shape index (κ3) is 1.70. The second-order valence-corrected chi connectivity index (χ2v) is 3.62. The fraction of sp³-hybridized carbons (Fsp3) is 0.444. The Balaban J connectivity index is 3.14. The van der Waals surface area contributed by atoms with Crippen molar-refractivity contribution in [2.45, 2.75) is 26.2 Å². The van der Waals surface area contributed by atoms with Gasteiger partial charge in [-0.2, -0.15) is 0 Å². The van der Waals surface area contributed by atoms with Crippen LogP contribution in [-0.4, -0.2) is 10.1 Å². The van der Waals surface area contributed by atoms with E-state index in [9.17, 15) is 5.11 Å². The quantitative estimate of drug-likeness (QED) is 0.615. The molecular weight excluding hydrogens is 138 g/mol. The molecule has 0 saturated heterocycles. The Morgan fingerprint density at radius 1 is 1.36 bits per heavy atom. The van der Waals surface area contributed by atoms with Crippen molar-refractivity contribution in [1.82, 2.24) is 4.98 Å². The lowest BCUT2D eigenvalue weighted by Crippen LogP contribution is -2.13. The molecule has 0 aliphatic heterocycles. The number of pyridine rings is 1. The van der Waals surface area contributed by atoms with Gasteiger partial charge in [0.2, 0.25) is 0 Å². The predicted octanol–water partition coefficient (Wildman–Crippen LogP) is 2.08. The molecule has 0 aromatic carbocycles. The molecule has 2 heteroatoms. The van der Waals surface area contributed by atoms with E-state index in [1.54, 1.807) is 18.3 Å². The van der Waals surface area contributed by atoms with E-state index in [1.165, 1.54) is 0 Å². The lowest BCUT2D eigenvalue weighted by atomic mass is 9.91. The van der Waals surface area contributed by atoms with Gasteiger partial charge < -0.3 is 5.11 Å². The first-order valence-corrected chi connectivity index (χ1v) is 3.66. The second-order valence-electron chi connectivity index (χ2n) is 3.62. The Morgan fingerprint density at radius 2 is 2.00 bits per heavy atom. The maximum Gasteiger partial charge on any atom is 0.137 e. The van der Waals surface area contributed by atoms with Crippen molar-refractivity contribution in [3.63, 3.8) is 0 Å². The monoisotopic (exact) mass is 151 g/mol. The number of aromatic hydroxyl groups is 1. The SMILES string of the molecule is CC(C)(C)c1ncccc1O. The zero-order chi connectivity index (χ0) is 8.48. The van der Waals surface area contributed by atoms with Crippen LogP contribution in [0.2, 0.25) is 0 Å². The molecule has 11 heavy (non-hydrogen) atoms.